The molecule has 0 aromatic rings. The third-order valence-corrected chi connectivity index (χ3v) is 6.66. The van der Waals surface area contributed by atoms with Gasteiger partial charge in [0.05, 0.1) is 12.1 Å². The molecule has 0 aromatic heterocycles. The van der Waals surface area contributed by atoms with Gasteiger partial charge in [-0.3, -0.25) is 4.79 Å². The summed E-state index contributed by atoms with van der Waals surface area (Å²) in [6, 6.07) is 0.225. The Morgan fingerprint density at radius 3 is 2.79 bits per heavy atom. The van der Waals surface area contributed by atoms with Crippen molar-refractivity contribution < 1.29 is 9.53 Å². The standard InChI is InChI=1S/C16H23NO2/c1-15-5-4-11-10(6-15)7-16(15,2)8-12-14(11)17(3)13(18)9-19-12/h12,14H,4-9H2,1-3H3. The van der Waals surface area contributed by atoms with Gasteiger partial charge in [0.25, 0.3) is 0 Å². The third kappa shape index (κ3) is 1.35. The zero-order valence-corrected chi connectivity index (χ0v) is 12.2. The molecule has 4 unspecified atom stereocenters. The number of morpholine rings is 1. The number of ether oxygens (including phenoxy) is 1. The van der Waals surface area contributed by atoms with Crippen LogP contribution < -0.4 is 0 Å². The van der Waals surface area contributed by atoms with E-state index in [1.807, 2.05) is 11.9 Å². The SMILES string of the molecule is CN1C(=O)COC2CC3(C)CC4=C(CCC3(C)C4)C21. The fourth-order valence-corrected chi connectivity index (χ4v) is 5.16. The van der Waals surface area contributed by atoms with Crippen LogP contribution in [0.3, 0.4) is 0 Å². The molecule has 0 N–H and O–H groups in total. The van der Waals surface area contributed by atoms with E-state index >= 15 is 0 Å². The smallest absolute Gasteiger partial charge is 0.248 e. The zero-order chi connectivity index (χ0) is 13.4. The molecule has 1 aliphatic heterocycles. The Kier molecular flexibility index (Phi) is 2.16. The zero-order valence-electron chi connectivity index (χ0n) is 12.2. The number of amides is 1. The molecule has 1 saturated carbocycles. The van der Waals surface area contributed by atoms with Crippen LogP contribution in [0.5, 0.6) is 0 Å². The van der Waals surface area contributed by atoms with Crippen LogP contribution >= 0.6 is 0 Å². The highest BCUT2D eigenvalue weighted by Crippen LogP contribution is 2.66. The van der Waals surface area contributed by atoms with E-state index < -0.39 is 0 Å². The fourth-order valence-electron chi connectivity index (χ4n) is 5.16. The van der Waals surface area contributed by atoms with Crippen molar-refractivity contribution in [3.8, 4) is 0 Å². The van der Waals surface area contributed by atoms with Crippen molar-refractivity contribution in [1.82, 2.24) is 4.90 Å². The van der Waals surface area contributed by atoms with Crippen molar-refractivity contribution in [2.45, 2.75) is 58.1 Å². The highest BCUT2D eigenvalue weighted by atomic mass is 16.5. The number of hydrogen-bond donors (Lipinski definition) is 0. The first-order valence-corrected chi connectivity index (χ1v) is 7.52. The quantitative estimate of drug-likeness (QED) is 0.627. The maximum Gasteiger partial charge on any atom is 0.248 e. The molecule has 3 nitrogen and oxygen atoms in total. The van der Waals surface area contributed by atoms with Crippen LogP contribution in [-0.4, -0.2) is 36.6 Å². The summed E-state index contributed by atoms with van der Waals surface area (Å²) in [5.74, 6) is 0.144. The van der Waals surface area contributed by atoms with Gasteiger partial charge in [-0.15, -0.1) is 0 Å². The molecule has 1 heterocycles. The Balaban J connectivity index is 1.85. The van der Waals surface area contributed by atoms with E-state index in [9.17, 15) is 4.79 Å². The predicted molar refractivity (Wildman–Crippen MR) is 72.6 cm³/mol. The second-order valence-electron chi connectivity index (χ2n) is 7.61. The van der Waals surface area contributed by atoms with E-state index in [1.165, 1.54) is 25.7 Å². The molecular weight excluding hydrogens is 238 g/mol. The third-order valence-electron chi connectivity index (χ3n) is 6.66. The summed E-state index contributed by atoms with van der Waals surface area (Å²) < 4.78 is 5.93. The number of fused-ring (bicyclic) bond motifs is 5. The summed E-state index contributed by atoms with van der Waals surface area (Å²) in [6.07, 6.45) is 6.28. The first-order valence-electron chi connectivity index (χ1n) is 7.52. The van der Waals surface area contributed by atoms with Gasteiger partial charge in [-0.2, -0.15) is 0 Å². The van der Waals surface area contributed by atoms with Crippen LogP contribution in [0.25, 0.3) is 0 Å². The highest BCUT2D eigenvalue weighted by Gasteiger charge is 2.58. The summed E-state index contributed by atoms with van der Waals surface area (Å²) >= 11 is 0. The molecule has 1 amide bonds. The molecule has 4 rings (SSSR count). The van der Waals surface area contributed by atoms with Gasteiger partial charge < -0.3 is 9.64 Å². The van der Waals surface area contributed by atoms with Crippen molar-refractivity contribution in [2.24, 2.45) is 10.8 Å². The Morgan fingerprint density at radius 1 is 1.26 bits per heavy atom. The predicted octanol–water partition coefficient (Wildman–Crippen LogP) is 2.51. The summed E-state index contributed by atoms with van der Waals surface area (Å²) in [4.78, 5) is 13.9. The van der Waals surface area contributed by atoms with Crippen molar-refractivity contribution in [1.29, 1.82) is 0 Å². The molecule has 0 radical (unpaired) electrons. The molecule has 4 atom stereocenters. The van der Waals surface area contributed by atoms with Crippen LogP contribution in [0.2, 0.25) is 0 Å². The Labute approximate surface area is 115 Å². The second-order valence-corrected chi connectivity index (χ2v) is 7.61. The number of rotatable bonds is 0. The summed E-state index contributed by atoms with van der Waals surface area (Å²) in [5.41, 5.74) is 4.01. The van der Waals surface area contributed by atoms with E-state index in [0.29, 0.717) is 10.8 Å². The first kappa shape index (κ1) is 12.0. The molecule has 1 saturated heterocycles. The van der Waals surface area contributed by atoms with Gasteiger partial charge in [0.2, 0.25) is 5.91 Å². The lowest BCUT2D eigenvalue weighted by Crippen LogP contribution is -2.56. The number of allylic oxidation sites excluding steroid dienone is 1. The Bertz CT molecular complexity index is 497. The normalized spacial score (nSPS) is 48.6. The first-order chi connectivity index (χ1) is 8.94. The minimum Gasteiger partial charge on any atom is -0.366 e. The largest absolute Gasteiger partial charge is 0.366 e. The van der Waals surface area contributed by atoms with E-state index in [2.05, 4.69) is 13.8 Å². The number of hydrogen-bond acceptors (Lipinski definition) is 2. The van der Waals surface area contributed by atoms with Crippen molar-refractivity contribution in [3.63, 3.8) is 0 Å². The summed E-state index contributed by atoms with van der Waals surface area (Å²) in [5, 5.41) is 0. The van der Waals surface area contributed by atoms with Gasteiger partial charge in [-0.05, 0) is 48.5 Å². The number of likely N-dealkylation sites (N-methyl/N-ethyl adjacent to an activating group) is 1. The molecule has 3 heteroatoms. The second kappa shape index (κ2) is 3.43. The average molecular weight is 261 g/mol. The van der Waals surface area contributed by atoms with E-state index in [0.717, 1.165) is 6.42 Å². The summed E-state index contributed by atoms with van der Waals surface area (Å²) in [6.45, 7) is 5.19. The molecule has 2 fully saturated rings. The number of carbonyl (C=O) groups excluding carboxylic acids is 1. The van der Waals surface area contributed by atoms with Crippen molar-refractivity contribution in [2.75, 3.05) is 13.7 Å². The van der Waals surface area contributed by atoms with E-state index in [1.54, 1.807) is 11.1 Å². The van der Waals surface area contributed by atoms with Crippen LogP contribution in [0.1, 0.15) is 46.0 Å². The summed E-state index contributed by atoms with van der Waals surface area (Å²) in [7, 11) is 1.96. The molecular formula is C16H23NO2. The van der Waals surface area contributed by atoms with E-state index in [-0.39, 0.29) is 24.7 Å². The molecule has 104 valence electrons. The minimum atomic E-state index is 0.144. The maximum absolute atomic E-state index is 12.0. The van der Waals surface area contributed by atoms with Gasteiger partial charge in [0, 0.05) is 7.05 Å². The van der Waals surface area contributed by atoms with E-state index in [4.69, 9.17) is 4.74 Å². The number of nitrogens with zero attached hydrogens (tertiary/aromatic N) is 1. The molecule has 4 aliphatic rings. The van der Waals surface area contributed by atoms with Crippen molar-refractivity contribution >= 4 is 5.91 Å². The van der Waals surface area contributed by atoms with Gasteiger partial charge in [0.15, 0.2) is 0 Å². The van der Waals surface area contributed by atoms with Crippen LogP contribution in [0.15, 0.2) is 11.1 Å². The van der Waals surface area contributed by atoms with Crippen LogP contribution in [0, 0.1) is 10.8 Å². The number of carbonyl (C=O) groups is 1. The highest BCUT2D eigenvalue weighted by molar-refractivity contribution is 5.79. The average Bonchev–Trinajstić information content (AvgIpc) is 2.47. The lowest BCUT2D eigenvalue weighted by molar-refractivity contribution is -0.157. The monoisotopic (exact) mass is 261 g/mol. The van der Waals surface area contributed by atoms with Gasteiger partial charge >= 0.3 is 0 Å². The fraction of sp³-hybridized carbons (Fsp3) is 0.812. The Hall–Kier alpha value is -0.830. The minimum absolute atomic E-state index is 0.144. The molecule has 3 bridgehead atoms. The molecule has 0 spiro atoms. The molecule has 19 heavy (non-hydrogen) atoms. The van der Waals surface area contributed by atoms with Gasteiger partial charge in [0.1, 0.15) is 6.61 Å². The lowest BCUT2D eigenvalue weighted by atomic mass is 9.60. The van der Waals surface area contributed by atoms with Crippen LogP contribution in [-0.2, 0) is 9.53 Å². The lowest BCUT2D eigenvalue weighted by Gasteiger charge is -2.50. The molecule has 0 aromatic carbocycles. The topological polar surface area (TPSA) is 29.5 Å². The van der Waals surface area contributed by atoms with Gasteiger partial charge in [-0.25, -0.2) is 0 Å². The van der Waals surface area contributed by atoms with Crippen LogP contribution in [0.4, 0.5) is 0 Å². The molecule has 3 aliphatic carbocycles. The van der Waals surface area contributed by atoms with Gasteiger partial charge in [-0.1, -0.05) is 19.4 Å². The maximum atomic E-state index is 12.0. The van der Waals surface area contributed by atoms with Crippen molar-refractivity contribution in [3.05, 3.63) is 11.1 Å². The Morgan fingerprint density at radius 2 is 2.00 bits per heavy atom.